The molecule has 0 bridgehead atoms. The summed E-state index contributed by atoms with van der Waals surface area (Å²) in [5.74, 6) is -0.0941. The summed E-state index contributed by atoms with van der Waals surface area (Å²) in [6, 6.07) is 25.6. The molecular formula is C23H23NO2. The zero-order valence-corrected chi connectivity index (χ0v) is 15.1. The Bertz CT molecular complexity index is 840. The first kappa shape index (κ1) is 17.9. The van der Waals surface area contributed by atoms with Crippen molar-refractivity contribution in [1.29, 1.82) is 0 Å². The van der Waals surface area contributed by atoms with Gasteiger partial charge in [0.05, 0.1) is 12.6 Å². The summed E-state index contributed by atoms with van der Waals surface area (Å²) in [4.78, 5) is 12.8. The first-order valence-corrected chi connectivity index (χ1v) is 8.67. The van der Waals surface area contributed by atoms with Gasteiger partial charge in [-0.2, -0.15) is 0 Å². The molecule has 3 heteroatoms. The molecule has 3 nitrogen and oxygen atoms in total. The van der Waals surface area contributed by atoms with Crippen LogP contribution in [0, 0.1) is 6.92 Å². The number of hydrogen-bond acceptors (Lipinski definition) is 2. The second-order valence-corrected chi connectivity index (χ2v) is 6.36. The summed E-state index contributed by atoms with van der Waals surface area (Å²) < 4.78 is 5.12. The molecule has 1 amide bonds. The number of hydrogen-bond donors (Lipinski definition) is 1. The van der Waals surface area contributed by atoms with Crippen molar-refractivity contribution >= 4 is 5.91 Å². The van der Waals surface area contributed by atoms with Crippen molar-refractivity contribution < 1.29 is 9.53 Å². The van der Waals surface area contributed by atoms with E-state index in [1.165, 1.54) is 5.56 Å². The maximum atomic E-state index is 12.8. The first-order chi connectivity index (χ1) is 12.7. The second kappa shape index (κ2) is 8.45. The minimum atomic E-state index is -0.192. The van der Waals surface area contributed by atoms with Gasteiger partial charge in [0.25, 0.3) is 5.91 Å². The maximum absolute atomic E-state index is 12.8. The summed E-state index contributed by atoms with van der Waals surface area (Å²) >= 11 is 0. The van der Waals surface area contributed by atoms with Gasteiger partial charge in [-0.3, -0.25) is 4.79 Å². The Labute approximate surface area is 154 Å². The fraction of sp³-hybridized carbons (Fsp3) is 0.174. The molecule has 132 valence electrons. The minimum absolute atomic E-state index is 0.0941. The second-order valence-electron chi connectivity index (χ2n) is 6.36. The lowest BCUT2D eigenvalue weighted by Gasteiger charge is -2.20. The van der Waals surface area contributed by atoms with Gasteiger partial charge in [0.1, 0.15) is 0 Å². The van der Waals surface area contributed by atoms with E-state index in [4.69, 9.17) is 4.74 Å². The molecule has 1 unspecified atom stereocenters. The highest BCUT2D eigenvalue weighted by Crippen LogP contribution is 2.23. The van der Waals surface area contributed by atoms with E-state index in [0.29, 0.717) is 12.2 Å². The van der Waals surface area contributed by atoms with Crippen molar-refractivity contribution in [3.8, 4) is 0 Å². The Balaban J connectivity index is 1.85. The van der Waals surface area contributed by atoms with Gasteiger partial charge in [0, 0.05) is 12.7 Å². The quantitative estimate of drug-likeness (QED) is 0.705. The van der Waals surface area contributed by atoms with Gasteiger partial charge in [-0.1, -0.05) is 72.3 Å². The van der Waals surface area contributed by atoms with Crippen molar-refractivity contribution in [2.45, 2.75) is 19.6 Å². The molecule has 0 saturated heterocycles. The summed E-state index contributed by atoms with van der Waals surface area (Å²) in [6.07, 6.45) is 0. The molecule has 0 fully saturated rings. The molecule has 0 heterocycles. The number of nitrogens with one attached hydrogen (secondary N) is 1. The fourth-order valence-corrected chi connectivity index (χ4v) is 2.90. The van der Waals surface area contributed by atoms with E-state index in [2.05, 4.69) is 36.5 Å². The van der Waals surface area contributed by atoms with E-state index in [9.17, 15) is 4.79 Å². The Hall–Kier alpha value is -2.91. The molecule has 0 aliphatic carbocycles. The van der Waals surface area contributed by atoms with Crippen LogP contribution >= 0.6 is 0 Å². The molecule has 3 aromatic carbocycles. The van der Waals surface area contributed by atoms with Gasteiger partial charge in [0.2, 0.25) is 0 Å². The predicted octanol–water partition coefficient (Wildman–Crippen LogP) is 4.66. The van der Waals surface area contributed by atoms with Crippen LogP contribution in [0.4, 0.5) is 0 Å². The van der Waals surface area contributed by atoms with Crippen molar-refractivity contribution in [3.05, 3.63) is 107 Å². The summed E-state index contributed by atoms with van der Waals surface area (Å²) in [7, 11) is 1.66. The van der Waals surface area contributed by atoms with E-state index >= 15 is 0 Å². The smallest absolute Gasteiger partial charge is 0.252 e. The molecule has 0 saturated carbocycles. The number of carbonyl (C=O) groups is 1. The minimum Gasteiger partial charge on any atom is -0.380 e. The third kappa shape index (κ3) is 4.38. The van der Waals surface area contributed by atoms with Crippen LogP contribution < -0.4 is 5.32 Å². The van der Waals surface area contributed by atoms with Crippen LogP contribution in [-0.4, -0.2) is 13.0 Å². The Kier molecular flexibility index (Phi) is 5.82. The summed E-state index contributed by atoms with van der Waals surface area (Å²) in [5.41, 5.74) is 4.99. The summed E-state index contributed by atoms with van der Waals surface area (Å²) in [5, 5.41) is 3.17. The lowest BCUT2D eigenvalue weighted by molar-refractivity contribution is 0.0943. The van der Waals surface area contributed by atoms with Gasteiger partial charge in [-0.15, -0.1) is 0 Å². The molecule has 0 aliphatic rings. The highest BCUT2D eigenvalue weighted by Gasteiger charge is 2.17. The molecule has 3 aromatic rings. The van der Waals surface area contributed by atoms with Gasteiger partial charge >= 0.3 is 0 Å². The molecular weight excluding hydrogens is 322 g/mol. The van der Waals surface area contributed by atoms with Crippen molar-refractivity contribution in [2.75, 3.05) is 7.11 Å². The van der Waals surface area contributed by atoms with Crippen LogP contribution in [0.2, 0.25) is 0 Å². The monoisotopic (exact) mass is 345 g/mol. The largest absolute Gasteiger partial charge is 0.380 e. The van der Waals surface area contributed by atoms with Gasteiger partial charge < -0.3 is 10.1 Å². The lowest BCUT2D eigenvalue weighted by Crippen LogP contribution is -2.29. The van der Waals surface area contributed by atoms with E-state index in [1.807, 2.05) is 54.6 Å². The van der Waals surface area contributed by atoms with Crippen LogP contribution in [-0.2, 0) is 11.3 Å². The third-order valence-corrected chi connectivity index (χ3v) is 4.35. The molecule has 0 spiro atoms. The standard InChI is InChI=1S/C23H23NO2/c1-17-8-12-20(13-9-17)22(19-6-4-3-5-7-19)24-23(25)21-14-10-18(11-15-21)16-26-2/h3-15,22H,16H2,1-2H3,(H,24,25). The molecule has 0 aliphatic heterocycles. The first-order valence-electron chi connectivity index (χ1n) is 8.67. The molecule has 0 aromatic heterocycles. The number of aryl methyl sites for hydroxylation is 1. The Morgan fingerprint density at radius 1 is 0.885 bits per heavy atom. The van der Waals surface area contributed by atoms with E-state index in [0.717, 1.165) is 16.7 Å². The van der Waals surface area contributed by atoms with Crippen LogP contribution in [0.3, 0.4) is 0 Å². The van der Waals surface area contributed by atoms with Gasteiger partial charge in [0.15, 0.2) is 0 Å². The number of benzene rings is 3. The predicted molar refractivity (Wildman–Crippen MR) is 104 cm³/mol. The van der Waals surface area contributed by atoms with Crippen LogP contribution in [0.25, 0.3) is 0 Å². The fourth-order valence-electron chi connectivity index (χ4n) is 2.90. The van der Waals surface area contributed by atoms with Crippen LogP contribution in [0.1, 0.15) is 38.7 Å². The van der Waals surface area contributed by atoms with Crippen LogP contribution in [0.15, 0.2) is 78.9 Å². The van der Waals surface area contributed by atoms with Crippen molar-refractivity contribution in [3.63, 3.8) is 0 Å². The number of carbonyl (C=O) groups excluding carboxylic acids is 1. The summed E-state index contributed by atoms with van der Waals surface area (Å²) in [6.45, 7) is 2.60. The zero-order valence-electron chi connectivity index (χ0n) is 15.1. The Morgan fingerprint density at radius 2 is 1.50 bits per heavy atom. The lowest BCUT2D eigenvalue weighted by atomic mass is 9.97. The number of rotatable bonds is 6. The van der Waals surface area contributed by atoms with E-state index in [1.54, 1.807) is 7.11 Å². The zero-order chi connectivity index (χ0) is 18.4. The van der Waals surface area contributed by atoms with Crippen molar-refractivity contribution in [1.82, 2.24) is 5.32 Å². The van der Waals surface area contributed by atoms with E-state index in [-0.39, 0.29) is 11.9 Å². The third-order valence-electron chi connectivity index (χ3n) is 4.35. The average Bonchev–Trinajstić information content (AvgIpc) is 2.68. The van der Waals surface area contributed by atoms with Gasteiger partial charge in [-0.05, 0) is 35.7 Å². The maximum Gasteiger partial charge on any atom is 0.252 e. The van der Waals surface area contributed by atoms with E-state index < -0.39 is 0 Å². The molecule has 3 rings (SSSR count). The molecule has 26 heavy (non-hydrogen) atoms. The highest BCUT2D eigenvalue weighted by molar-refractivity contribution is 5.94. The van der Waals surface area contributed by atoms with Crippen LogP contribution in [0.5, 0.6) is 0 Å². The topological polar surface area (TPSA) is 38.3 Å². The van der Waals surface area contributed by atoms with Crippen molar-refractivity contribution in [2.24, 2.45) is 0 Å². The SMILES string of the molecule is COCc1ccc(C(=O)NC(c2ccccc2)c2ccc(C)cc2)cc1. The molecule has 1 N–H and O–H groups in total. The highest BCUT2D eigenvalue weighted by atomic mass is 16.5. The number of ether oxygens (including phenoxy) is 1. The number of amides is 1. The number of methoxy groups -OCH3 is 1. The van der Waals surface area contributed by atoms with Gasteiger partial charge in [-0.25, -0.2) is 0 Å². The molecule has 1 atom stereocenters. The normalized spacial score (nSPS) is 11.8. The molecule has 0 radical (unpaired) electrons. The Morgan fingerprint density at radius 3 is 2.12 bits per heavy atom. The average molecular weight is 345 g/mol.